The Morgan fingerprint density at radius 1 is 1.19 bits per heavy atom. The fraction of sp³-hybridized carbons (Fsp3) is 0.444. The van der Waals surface area contributed by atoms with E-state index in [4.69, 9.17) is 4.74 Å². The first-order valence-corrected chi connectivity index (χ1v) is 8.61. The Hall–Kier alpha value is -2.81. The summed E-state index contributed by atoms with van der Waals surface area (Å²) in [6, 6.07) is 3.26. The van der Waals surface area contributed by atoms with E-state index in [-0.39, 0.29) is 17.9 Å². The third kappa shape index (κ3) is 6.45. The number of carbonyl (C=O) groups excluding carboxylic acids is 4. The van der Waals surface area contributed by atoms with Crippen LogP contribution in [-0.2, 0) is 19.2 Å². The van der Waals surface area contributed by atoms with Crippen LogP contribution in [0.3, 0.4) is 0 Å². The summed E-state index contributed by atoms with van der Waals surface area (Å²) in [4.78, 5) is 52.4. The molecule has 2 rings (SSSR count). The molecule has 8 nitrogen and oxygen atoms in total. The molecule has 0 saturated carbocycles. The van der Waals surface area contributed by atoms with Gasteiger partial charge in [0.2, 0.25) is 5.91 Å². The molecule has 2 amide bonds. The number of ether oxygens (including phenoxy) is 1. The van der Waals surface area contributed by atoms with Crippen LogP contribution < -0.4 is 5.48 Å². The number of benzene rings is 1. The van der Waals surface area contributed by atoms with E-state index in [1.54, 1.807) is 4.90 Å². The number of unbranched alkanes of at least 4 members (excludes halogenated alkanes) is 1. The number of morpholine rings is 1. The lowest BCUT2D eigenvalue weighted by atomic mass is 10.1. The monoisotopic (exact) mass is 380 g/mol. The average molecular weight is 380 g/mol. The molecule has 0 aliphatic carbocycles. The fourth-order valence-electron chi connectivity index (χ4n) is 2.52. The van der Waals surface area contributed by atoms with Crippen LogP contribution in [0.25, 0.3) is 0 Å². The normalized spacial score (nSPS) is 13.7. The average Bonchev–Trinajstić information content (AvgIpc) is 2.70. The lowest BCUT2D eigenvalue weighted by Gasteiger charge is -2.26. The number of nitrogens with zero attached hydrogens (tertiary/aromatic N) is 1. The summed E-state index contributed by atoms with van der Waals surface area (Å²) in [6.07, 6.45) is 1.73. The molecule has 146 valence electrons. The second-order valence-corrected chi connectivity index (χ2v) is 5.96. The summed E-state index contributed by atoms with van der Waals surface area (Å²) in [6.45, 7) is 2.23. The molecule has 1 aromatic carbocycles. The van der Waals surface area contributed by atoms with Crippen LogP contribution in [-0.4, -0.2) is 55.3 Å². The number of amides is 2. The zero-order chi connectivity index (χ0) is 19.6. The van der Waals surface area contributed by atoms with Crippen molar-refractivity contribution in [3.63, 3.8) is 0 Å². The first-order valence-electron chi connectivity index (χ1n) is 8.61. The van der Waals surface area contributed by atoms with E-state index in [2.05, 4.69) is 4.84 Å². The van der Waals surface area contributed by atoms with Gasteiger partial charge < -0.3 is 14.5 Å². The summed E-state index contributed by atoms with van der Waals surface area (Å²) in [5.74, 6) is -2.48. The van der Waals surface area contributed by atoms with Crippen molar-refractivity contribution >= 4 is 24.1 Å². The Labute approximate surface area is 155 Å². The van der Waals surface area contributed by atoms with Crippen molar-refractivity contribution < 1.29 is 33.1 Å². The van der Waals surface area contributed by atoms with Crippen LogP contribution in [0.4, 0.5) is 4.39 Å². The van der Waals surface area contributed by atoms with Crippen LogP contribution >= 0.6 is 0 Å². The van der Waals surface area contributed by atoms with Gasteiger partial charge in [-0.1, -0.05) is 0 Å². The van der Waals surface area contributed by atoms with E-state index in [0.29, 0.717) is 51.9 Å². The highest BCUT2D eigenvalue weighted by molar-refractivity contribution is 5.96. The summed E-state index contributed by atoms with van der Waals surface area (Å²) < 4.78 is 18.8. The number of halogens is 1. The van der Waals surface area contributed by atoms with E-state index in [1.807, 2.05) is 5.48 Å². The predicted octanol–water partition coefficient (Wildman–Crippen LogP) is 1.25. The molecule has 1 N–H and O–H groups in total. The minimum absolute atomic E-state index is 0.00747. The van der Waals surface area contributed by atoms with E-state index in [1.165, 1.54) is 6.07 Å². The van der Waals surface area contributed by atoms with Gasteiger partial charge in [-0.3, -0.25) is 14.4 Å². The topological polar surface area (TPSA) is 102 Å². The van der Waals surface area contributed by atoms with Crippen molar-refractivity contribution in [2.45, 2.75) is 25.7 Å². The van der Waals surface area contributed by atoms with Gasteiger partial charge >= 0.3 is 5.97 Å². The Morgan fingerprint density at radius 2 is 1.89 bits per heavy atom. The highest BCUT2D eigenvalue weighted by atomic mass is 19.1. The number of carbonyl (C=O) groups is 4. The first-order chi connectivity index (χ1) is 13.0. The Morgan fingerprint density at radius 3 is 2.59 bits per heavy atom. The number of hydroxylamine groups is 1. The first kappa shape index (κ1) is 20.5. The number of hydrogen-bond donors (Lipinski definition) is 1. The van der Waals surface area contributed by atoms with Crippen LogP contribution in [0.1, 0.15) is 46.4 Å². The summed E-state index contributed by atoms with van der Waals surface area (Å²) in [7, 11) is 0. The maximum atomic E-state index is 13.6. The van der Waals surface area contributed by atoms with Gasteiger partial charge in [0.1, 0.15) is 12.1 Å². The van der Waals surface area contributed by atoms with Crippen molar-refractivity contribution in [3.8, 4) is 0 Å². The predicted molar refractivity (Wildman–Crippen MR) is 91.2 cm³/mol. The molecule has 1 fully saturated rings. The van der Waals surface area contributed by atoms with E-state index in [0.717, 1.165) is 12.1 Å². The minimum Gasteiger partial charge on any atom is -0.378 e. The summed E-state index contributed by atoms with van der Waals surface area (Å²) >= 11 is 0. The number of nitrogens with one attached hydrogen (secondary N) is 1. The third-order valence-corrected chi connectivity index (χ3v) is 4.01. The second-order valence-electron chi connectivity index (χ2n) is 5.96. The molecule has 1 aliphatic rings. The van der Waals surface area contributed by atoms with Gasteiger partial charge in [0.25, 0.3) is 5.91 Å². The molecular formula is C18H21FN2O6. The van der Waals surface area contributed by atoms with Crippen molar-refractivity contribution in [3.05, 3.63) is 35.1 Å². The smallest absolute Gasteiger partial charge is 0.332 e. The van der Waals surface area contributed by atoms with Crippen molar-refractivity contribution in [2.24, 2.45) is 0 Å². The molecule has 1 aliphatic heterocycles. The van der Waals surface area contributed by atoms with Crippen LogP contribution in [0, 0.1) is 5.82 Å². The van der Waals surface area contributed by atoms with Gasteiger partial charge in [0.15, 0.2) is 0 Å². The molecule has 1 heterocycles. The van der Waals surface area contributed by atoms with Gasteiger partial charge in [0.05, 0.1) is 18.8 Å². The number of rotatable bonds is 7. The van der Waals surface area contributed by atoms with E-state index >= 15 is 0 Å². The lowest BCUT2D eigenvalue weighted by Crippen LogP contribution is -2.40. The standard InChI is InChI=1S/C18H21FN2O6/c19-15-6-5-13(12-22)11-14(15)18(25)20-27-17(24)4-2-1-3-16(23)21-7-9-26-10-8-21/h5-6,11-12H,1-4,7-10H2,(H,20,25). The van der Waals surface area contributed by atoms with E-state index in [9.17, 15) is 23.6 Å². The van der Waals surface area contributed by atoms with Crippen molar-refractivity contribution in [2.75, 3.05) is 26.3 Å². The molecule has 0 aromatic heterocycles. The Bertz CT molecular complexity index is 703. The van der Waals surface area contributed by atoms with Crippen LogP contribution in [0.15, 0.2) is 18.2 Å². The molecule has 0 radical (unpaired) electrons. The van der Waals surface area contributed by atoms with Gasteiger partial charge in [-0.2, -0.15) is 5.48 Å². The lowest BCUT2D eigenvalue weighted by molar-refractivity contribution is -0.149. The zero-order valence-corrected chi connectivity index (χ0v) is 14.7. The minimum atomic E-state index is -0.966. The Balaban J connectivity index is 1.66. The summed E-state index contributed by atoms with van der Waals surface area (Å²) in [5.41, 5.74) is 1.58. The molecule has 27 heavy (non-hydrogen) atoms. The third-order valence-electron chi connectivity index (χ3n) is 4.01. The summed E-state index contributed by atoms with van der Waals surface area (Å²) in [5, 5.41) is 0. The largest absolute Gasteiger partial charge is 0.378 e. The molecule has 0 bridgehead atoms. The van der Waals surface area contributed by atoms with Crippen molar-refractivity contribution in [1.29, 1.82) is 0 Å². The quantitative estimate of drug-likeness (QED) is 0.434. The van der Waals surface area contributed by atoms with Crippen molar-refractivity contribution in [1.82, 2.24) is 10.4 Å². The molecule has 9 heteroatoms. The second kappa shape index (κ2) is 10.4. The molecule has 1 aromatic rings. The van der Waals surface area contributed by atoms with E-state index < -0.39 is 23.3 Å². The fourth-order valence-corrected chi connectivity index (χ4v) is 2.52. The molecule has 0 spiro atoms. The molecule has 1 saturated heterocycles. The maximum absolute atomic E-state index is 13.6. The number of hydrogen-bond acceptors (Lipinski definition) is 6. The maximum Gasteiger partial charge on any atom is 0.332 e. The molecule has 0 atom stereocenters. The Kier molecular flexibility index (Phi) is 7.87. The van der Waals surface area contributed by atoms with Gasteiger partial charge in [-0.25, -0.2) is 9.18 Å². The van der Waals surface area contributed by atoms with Crippen LogP contribution in [0.2, 0.25) is 0 Å². The number of aldehydes is 1. The van der Waals surface area contributed by atoms with Gasteiger partial charge in [-0.05, 0) is 31.0 Å². The van der Waals surface area contributed by atoms with Gasteiger partial charge in [-0.15, -0.1) is 0 Å². The zero-order valence-electron chi connectivity index (χ0n) is 14.7. The van der Waals surface area contributed by atoms with Crippen LogP contribution in [0.5, 0.6) is 0 Å². The SMILES string of the molecule is O=Cc1ccc(F)c(C(=O)NOC(=O)CCCCC(=O)N2CCOCC2)c1. The highest BCUT2D eigenvalue weighted by Crippen LogP contribution is 2.10. The molecular weight excluding hydrogens is 359 g/mol. The highest BCUT2D eigenvalue weighted by Gasteiger charge is 2.17. The van der Waals surface area contributed by atoms with Gasteiger partial charge in [0, 0.05) is 31.5 Å². The molecule has 0 unspecified atom stereocenters.